The molecule has 2 rings (SSSR count). The Balaban J connectivity index is 1.64. The number of amides is 1. The lowest BCUT2D eigenvalue weighted by Crippen LogP contribution is -2.37. The molecule has 2 fully saturated rings. The molecule has 98 valence electrons. The molecular weight excluding hydrogens is 216 g/mol. The van der Waals surface area contributed by atoms with Gasteiger partial charge in [-0.15, -0.1) is 0 Å². The maximum Gasteiger partial charge on any atom is 0.220 e. The Hall–Kier alpha value is -0.610. The van der Waals surface area contributed by atoms with E-state index in [-0.39, 0.29) is 17.9 Å². The van der Waals surface area contributed by atoms with E-state index in [1.165, 1.54) is 6.42 Å². The van der Waals surface area contributed by atoms with Gasteiger partial charge in [0.1, 0.15) is 0 Å². The molecule has 4 heteroatoms. The summed E-state index contributed by atoms with van der Waals surface area (Å²) in [5.41, 5.74) is 0. The van der Waals surface area contributed by atoms with Gasteiger partial charge in [0.15, 0.2) is 0 Å². The minimum absolute atomic E-state index is 0.150. The molecule has 1 aliphatic carbocycles. The van der Waals surface area contributed by atoms with Gasteiger partial charge in [-0.05, 0) is 38.3 Å². The second kappa shape index (κ2) is 6.36. The average Bonchev–Trinajstić information content (AvgIpc) is 2.81. The van der Waals surface area contributed by atoms with Crippen LogP contribution in [0.3, 0.4) is 0 Å². The Kier molecular flexibility index (Phi) is 4.80. The lowest BCUT2D eigenvalue weighted by atomic mass is 9.86. The summed E-state index contributed by atoms with van der Waals surface area (Å²) in [7, 11) is 0. The molecule has 3 atom stereocenters. The van der Waals surface area contributed by atoms with Gasteiger partial charge in [-0.3, -0.25) is 4.79 Å². The zero-order valence-electron chi connectivity index (χ0n) is 10.5. The summed E-state index contributed by atoms with van der Waals surface area (Å²) in [5.74, 6) is 0.928. The zero-order chi connectivity index (χ0) is 12.1. The van der Waals surface area contributed by atoms with Gasteiger partial charge in [0.25, 0.3) is 0 Å². The number of hydrogen-bond donors (Lipinski definition) is 3. The van der Waals surface area contributed by atoms with Gasteiger partial charge in [-0.1, -0.05) is 12.8 Å². The van der Waals surface area contributed by atoms with Crippen LogP contribution in [0, 0.1) is 11.8 Å². The number of rotatable bonds is 4. The summed E-state index contributed by atoms with van der Waals surface area (Å²) in [6.45, 7) is 2.67. The highest BCUT2D eigenvalue weighted by Gasteiger charge is 2.24. The maximum absolute atomic E-state index is 11.7. The molecule has 1 amide bonds. The van der Waals surface area contributed by atoms with Crippen molar-refractivity contribution in [2.24, 2.45) is 11.8 Å². The minimum Gasteiger partial charge on any atom is -0.393 e. The van der Waals surface area contributed by atoms with E-state index >= 15 is 0 Å². The molecule has 1 heterocycles. The fourth-order valence-corrected chi connectivity index (χ4v) is 2.89. The summed E-state index contributed by atoms with van der Waals surface area (Å²) < 4.78 is 0. The van der Waals surface area contributed by atoms with E-state index in [2.05, 4.69) is 10.6 Å². The minimum atomic E-state index is -0.211. The fourth-order valence-electron chi connectivity index (χ4n) is 2.89. The maximum atomic E-state index is 11.7. The van der Waals surface area contributed by atoms with Crippen molar-refractivity contribution in [1.29, 1.82) is 0 Å². The van der Waals surface area contributed by atoms with Crippen molar-refractivity contribution < 1.29 is 9.90 Å². The van der Waals surface area contributed by atoms with E-state index in [0.717, 1.165) is 38.8 Å². The van der Waals surface area contributed by atoms with Crippen molar-refractivity contribution in [2.75, 3.05) is 19.6 Å². The first-order chi connectivity index (χ1) is 8.25. The predicted molar refractivity (Wildman–Crippen MR) is 66.6 cm³/mol. The summed E-state index contributed by atoms with van der Waals surface area (Å²) in [5, 5.41) is 16.1. The first-order valence-electron chi connectivity index (χ1n) is 6.91. The van der Waals surface area contributed by atoms with Crippen LogP contribution >= 0.6 is 0 Å². The molecule has 0 spiro atoms. The Morgan fingerprint density at radius 2 is 2.12 bits per heavy atom. The van der Waals surface area contributed by atoms with Crippen LogP contribution in [-0.2, 0) is 4.79 Å². The monoisotopic (exact) mass is 240 g/mol. The van der Waals surface area contributed by atoms with Crippen molar-refractivity contribution in [3.63, 3.8) is 0 Å². The second-order valence-corrected chi connectivity index (χ2v) is 5.48. The van der Waals surface area contributed by atoms with Gasteiger partial charge in [0.2, 0.25) is 5.91 Å². The van der Waals surface area contributed by atoms with Crippen molar-refractivity contribution in [1.82, 2.24) is 10.6 Å². The average molecular weight is 240 g/mol. The molecule has 4 nitrogen and oxygen atoms in total. The SMILES string of the molecule is O=C(CC1CCNC1)NCC1CCCCC1O. The molecule has 2 aliphatic rings. The molecule has 1 saturated heterocycles. The highest BCUT2D eigenvalue weighted by molar-refractivity contribution is 5.76. The van der Waals surface area contributed by atoms with Gasteiger partial charge < -0.3 is 15.7 Å². The predicted octanol–water partition coefficient (Wildman–Crippen LogP) is 0.653. The number of nitrogens with one attached hydrogen (secondary N) is 2. The third-order valence-corrected chi connectivity index (χ3v) is 4.07. The number of aliphatic hydroxyl groups excluding tert-OH is 1. The molecule has 0 aromatic heterocycles. The molecular formula is C13H24N2O2. The van der Waals surface area contributed by atoms with Crippen molar-refractivity contribution in [2.45, 2.75) is 44.6 Å². The third kappa shape index (κ3) is 3.96. The van der Waals surface area contributed by atoms with Crippen LogP contribution in [0.1, 0.15) is 38.5 Å². The smallest absolute Gasteiger partial charge is 0.220 e. The highest BCUT2D eigenvalue weighted by atomic mass is 16.3. The van der Waals surface area contributed by atoms with Crippen LogP contribution in [0.15, 0.2) is 0 Å². The molecule has 0 bridgehead atoms. The van der Waals surface area contributed by atoms with E-state index in [9.17, 15) is 9.90 Å². The Morgan fingerprint density at radius 1 is 1.29 bits per heavy atom. The first kappa shape index (κ1) is 12.8. The largest absolute Gasteiger partial charge is 0.393 e. The van der Waals surface area contributed by atoms with Crippen LogP contribution in [0.5, 0.6) is 0 Å². The van der Waals surface area contributed by atoms with E-state index in [0.29, 0.717) is 18.9 Å². The number of carbonyl (C=O) groups excluding carboxylic acids is 1. The van der Waals surface area contributed by atoms with Crippen LogP contribution in [0.25, 0.3) is 0 Å². The van der Waals surface area contributed by atoms with E-state index in [1.807, 2.05) is 0 Å². The van der Waals surface area contributed by atoms with E-state index in [1.54, 1.807) is 0 Å². The van der Waals surface area contributed by atoms with Gasteiger partial charge in [-0.25, -0.2) is 0 Å². The van der Waals surface area contributed by atoms with Crippen LogP contribution in [-0.4, -0.2) is 36.8 Å². The normalized spacial score (nSPS) is 33.6. The molecule has 3 unspecified atom stereocenters. The summed E-state index contributed by atoms with van der Waals surface area (Å²) in [4.78, 5) is 11.7. The van der Waals surface area contributed by atoms with Crippen molar-refractivity contribution >= 4 is 5.91 Å². The van der Waals surface area contributed by atoms with Gasteiger partial charge >= 0.3 is 0 Å². The van der Waals surface area contributed by atoms with Crippen LogP contribution in [0.4, 0.5) is 0 Å². The summed E-state index contributed by atoms with van der Waals surface area (Å²) in [6.07, 6.45) is 5.79. The quantitative estimate of drug-likeness (QED) is 0.676. The molecule has 17 heavy (non-hydrogen) atoms. The molecule has 1 saturated carbocycles. The van der Waals surface area contributed by atoms with Crippen molar-refractivity contribution in [3.05, 3.63) is 0 Å². The Morgan fingerprint density at radius 3 is 2.82 bits per heavy atom. The third-order valence-electron chi connectivity index (χ3n) is 4.07. The topological polar surface area (TPSA) is 61.4 Å². The number of carbonyl (C=O) groups is 1. The van der Waals surface area contributed by atoms with Gasteiger partial charge in [0.05, 0.1) is 6.10 Å². The van der Waals surface area contributed by atoms with Crippen LogP contribution < -0.4 is 10.6 Å². The molecule has 1 aliphatic heterocycles. The lowest BCUT2D eigenvalue weighted by Gasteiger charge is -2.27. The zero-order valence-corrected chi connectivity index (χ0v) is 10.5. The first-order valence-corrected chi connectivity index (χ1v) is 6.91. The second-order valence-electron chi connectivity index (χ2n) is 5.48. The summed E-state index contributed by atoms with van der Waals surface area (Å²) in [6, 6.07) is 0. The van der Waals surface area contributed by atoms with E-state index in [4.69, 9.17) is 0 Å². The summed E-state index contributed by atoms with van der Waals surface area (Å²) >= 11 is 0. The molecule has 0 radical (unpaired) electrons. The van der Waals surface area contributed by atoms with Crippen LogP contribution in [0.2, 0.25) is 0 Å². The standard InChI is InChI=1S/C13H24N2O2/c16-12-4-2-1-3-11(12)9-15-13(17)7-10-5-6-14-8-10/h10-12,14,16H,1-9H2,(H,15,17). The van der Waals surface area contributed by atoms with Gasteiger partial charge in [0, 0.05) is 18.9 Å². The Labute approximate surface area is 103 Å². The fraction of sp³-hybridized carbons (Fsp3) is 0.923. The number of aliphatic hydroxyl groups is 1. The number of hydrogen-bond acceptors (Lipinski definition) is 3. The van der Waals surface area contributed by atoms with Crippen molar-refractivity contribution in [3.8, 4) is 0 Å². The lowest BCUT2D eigenvalue weighted by molar-refractivity contribution is -0.122. The molecule has 3 N–H and O–H groups in total. The van der Waals surface area contributed by atoms with Gasteiger partial charge in [-0.2, -0.15) is 0 Å². The molecule has 0 aromatic rings. The Bertz CT molecular complexity index is 252. The molecule has 0 aromatic carbocycles. The van der Waals surface area contributed by atoms with E-state index < -0.39 is 0 Å². The highest BCUT2D eigenvalue weighted by Crippen LogP contribution is 2.23.